The fraction of sp³-hybridized carbons (Fsp3) is 0.458. The molecule has 1 fully saturated rings. The van der Waals surface area contributed by atoms with E-state index in [-0.39, 0.29) is 30.9 Å². The molecular formula is C24H29N3O2S. The van der Waals surface area contributed by atoms with E-state index in [1.54, 1.807) is 16.2 Å². The molecule has 6 heteroatoms. The first-order valence-corrected chi connectivity index (χ1v) is 11.6. The first kappa shape index (κ1) is 20.8. The molecule has 1 aliphatic carbocycles. The Labute approximate surface area is 182 Å². The van der Waals surface area contributed by atoms with Gasteiger partial charge in [-0.15, -0.1) is 11.3 Å². The summed E-state index contributed by atoms with van der Waals surface area (Å²) in [6.07, 6.45) is 5.63. The quantitative estimate of drug-likeness (QED) is 0.797. The standard InChI is InChI=1S/C24H29N3O2S/c1-15-9-11-18(12-10-15)23-22-16(2)17(3)30-24(22)27(21(29)13-25-23)14-20(28)26-19-7-5-4-6-8-19/h9-12,19H,4-8,13-14H2,1-3H3,(H,26,28). The number of carbonyl (C=O) groups excluding carboxylic acids is 2. The van der Waals surface area contributed by atoms with Crippen LogP contribution in [0.1, 0.15) is 59.2 Å². The van der Waals surface area contributed by atoms with E-state index in [1.165, 1.54) is 12.0 Å². The number of hydrogen-bond acceptors (Lipinski definition) is 4. The Morgan fingerprint density at radius 3 is 2.53 bits per heavy atom. The number of anilines is 1. The average molecular weight is 424 g/mol. The summed E-state index contributed by atoms with van der Waals surface area (Å²) >= 11 is 1.58. The Kier molecular flexibility index (Phi) is 6.04. The number of hydrogen-bond donors (Lipinski definition) is 1. The van der Waals surface area contributed by atoms with Crippen LogP contribution in [0.2, 0.25) is 0 Å². The largest absolute Gasteiger partial charge is 0.352 e. The zero-order valence-electron chi connectivity index (χ0n) is 18.0. The Bertz CT molecular complexity index is 985. The summed E-state index contributed by atoms with van der Waals surface area (Å²) in [5.41, 5.74) is 5.14. The fourth-order valence-electron chi connectivity index (χ4n) is 4.27. The summed E-state index contributed by atoms with van der Waals surface area (Å²) in [7, 11) is 0. The highest BCUT2D eigenvalue weighted by atomic mass is 32.1. The molecule has 1 aromatic heterocycles. The third-order valence-electron chi connectivity index (χ3n) is 6.12. The van der Waals surface area contributed by atoms with E-state index in [4.69, 9.17) is 4.99 Å². The Morgan fingerprint density at radius 2 is 1.83 bits per heavy atom. The molecular weight excluding hydrogens is 394 g/mol. The lowest BCUT2D eigenvalue weighted by Gasteiger charge is -2.25. The molecule has 2 heterocycles. The Balaban J connectivity index is 1.64. The molecule has 2 aliphatic rings. The van der Waals surface area contributed by atoms with Crippen LogP contribution in [0.5, 0.6) is 0 Å². The van der Waals surface area contributed by atoms with Crippen molar-refractivity contribution in [3.63, 3.8) is 0 Å². The van der Waals surface area contributed by atoms with Crippen LogP contribution >= 0.6 is 11.3 Å². The smallest absolute Gasteiger partial charge is 0.249 e. The number of aliphatic imine (C=N–C) groups is 1. The Morgan fingerprint density at radius 1 is 1.13 bits per heavy atom. The van der Waals surface area contributed by atoms with Gasteiger partial charge in [-0.25, -0.2) is 0 Å². The molecule has 4 rings (SSSR count). The number of amides is 2. The van der Waals surface area contributed by atoms with Gasteiger partial charge in [0, 0.05) is 22.0 Å². The number of aryl methyl sites for hydroxylation is 2. The second kappa shape index (κ2) is 8.72. The highest BCUT2D eigenvalue weighted by molar-refractivity contribution is 7.17. The van der Waals surface area contributed by atoms with Gasteiger partial charge < -0.3 is 5.32 Å². The van der Waals surface area contributed by atoms with Gasteiger partial charge in [-0.3, -0.25) is 19.5 Å². The second-order valence-electron chi connectivity index (χ2n) is 8.38. The van der Waals surface area contributed by atoms with Gasteiger partial charge in [-0.1, -0.05) is 49.1 Å². The summed E-state index contributed by atoms with van der Waals surface area (Å²) < 4.78 is 0. The molecule has 1 saturated carbocycles. The van der Waals surface area contributed by atoms with E-state index in [0.29, 0.717) is 0 Å². The number of nitrogens with zero attached hydrogens (tertiary/aromatic N) is 2. The summed E-state index contributed by atoms with van der Waals surface area (Å²) in [5.74, 6) is -0.206. The molecule has 1 aromatic carbocycles. The number of benzene rings is 1. The zero-order chi connectivity index (χ0) is 21.3. The third-order valence-corrected chi connectivity index (χ3v) is 7.35. The average Bonchev–Trinajstić information content (AvgIpc) is 2.95. The second-order valence-corrected chi connectivity index (χ2v) is 9.58. The molecule has 0 unspecified atom stereocenters. The van der Waals surface area contributed by atoms with Crippen LogP contribution in [0.3, 0.4) is 0 Å². The number of rotatable bonds is 4. The van der Waals surface area contributed by atoms with Crippen LogP contribution in [0.25, 0.3) is 0 Å². The van der Waals surface area contributed by atoms with Crippen LogP contribution in [0.15, 0.2) is 29.3 Å². The molecule has 2 aromatic rings. The van der Waals surface area contributed by atoms with Crippen molar-refractivity contribution in [3.05, 3.63) is 51.4 Å². The molecule has 5 nitrogen and oxygen atoms in total. The molecule has 30 heavy (non-hydrogen) atoms. The minimum atomic E-state index is -0.126. The maximum absolute atomic E-state index is 13.0. The number of fused-ring (bicyclic) bond motifs is 1. The minimum Gasteiger partial charge on any atom is -0.352 e. The van der Waals surface area contributed by atoms with Gasteiger partial charge in [-0.05, 0) is 39.2 Å². The molecule has 0 radical (unpaired) electrons. The maximum Gasteiger partial charge on any atom is 0.249 e. The predicted molar refractivity (Wildman–Crippen MR) is 123 cm³/mol. The van der Waals surface area contributed by atoms with Gasteiger partial charge in [0.05, 0.1) is 5.71 Å². The van der Waals surface area contributed by atoms with Crippen molar-refractivity contribution in [1.29, 1.82) is 0 Å². The first-order valence-electron chi connectivity index (χ1n) is 10.8. The van der Waals surface area contributed by atoms with Gasteiger partial charge in [0.2, 0.25) is 11.8 Å². The van der Waals surface area contributed by atoms with Gasteiger partial charge in [-0.2, -0.15) is 0 Å². The lowest BCUT2D eigenvalue weighted by Crippen LogP contribution is -2.45. The highest BCUT2D eigenvalue weighted by Crippen LogP contribution is 2.38. The van der Waals surface area contributed by atoms with Gasteiger partial charge in [0.1, 0.15) is 18.1 Å². The van der Waals surface area contributed by atoms with Crippen molar-refractivity contribution in [2.24, 2.45) is 4.99 Å². The van der Waals surface area contributed by atoms with E-state index in [9.17, 15) is 9.59 Å². The van der Waals surface area contributed by atoms with Crippen molar-refractivity contribution in [3.8, 4) is 0 Å². The molecule has 0 spiro atoms. The lowest BCUT2D eigenvalue weighted by atomic mass is 9.95. The van der Waals surface area contributed by atoms with Crippen molar-refractivity contribution < 1.29 is 9.59 Å². The fourth-order valence-corrected chi connectivity index (χ4v) is 5.45. The van der Waals surface area contributed by atoms with Crippen LogP contribution < -0.4 is 10.2 Å². The van der Waals surface area contributed by atoms with E-state index in [2.05, 4.69) is 50.4 Å². The zero-order valence-corrected chi connectivity index (χ0v) is 18.8. The predicted octanol–water partition coefficient (Wildman–Crippen LogP) is 4.31. The Hall–Kier alpha value is -2.47. The maximum atomic E-state index is 13.0. The van der Waals surface area contributed by atoms with Crippen molar-refractivity contribution >= 4 is 33.9 Å². The van der Waals surface area contributed by atoms with Crippen molar-refractivity contribution in [2.75, 3.05) is 18.0 Å². The summed E-state index contributed by atoms with van der Waals surface area (Å²) in [6.45, 7) is 6.30. The molecule has 1 N–H and O–H groups in total. The molecule has 1 aliphatic heterocycles. The summed E-state index contributed by atoms with van der Waals surface area (Å²) in [6, 6.07) is 8.47. The summed E-state index contributed by atoms with van der Waals surface area (Å²) in [4.78, 5) is 33.3. The molecule has 0 atom stereocenters. The first-order chi connectivity index (χ1) is 14.4. The SMILES string of the molecule is Cc1ccc(C2=NCC(=O)N(CC(=O)NC3CCCCC3)c3sc(C)c(C)c32)cc1. The number of thiophene rings is 1. The van der Waals surface area contributed by atoms with Crippen molar-refractivity contribution in [2.45, 2.75) is 58.9 Å². The minimum absolute atomic E-state index is 0.0540. The van der Waals surface area contributed by atoms with E-state index >= 15 is 0 Å². The number of carbonyl (C=O) groups is 2. The monoisotopic (exact) mass is 423 g/mol. The highest BCUT2D eigenvalue weighted by Gasteiger charge is 2.31. The molecule has 2 amide bonds. The van der Waals surface area contributed by atoms with Gasteiger partial charge in [0.15, 0.2) is 0 Å². The molecule has 0 bridgehead atoms. The van der Waals surface area contributed by atoms with Crippen LogP contribution in [-0.4, -0.2) is 36.7 Å². The number of nitrogens with one attached hydrogen (secondary N) is 1. The normalized spacial score (nSPS) is 17.4. The topological polar surface area (TPSA) is 61.8 Å². The van der Waals surface area contributed by atoms with E-state index in [1.807, 2.05) is 0 Å². The van der Waals surface area contributed by atoms with Gasteiger partial charge >= 0.3 is 0 Å². The van der Waals surface area contributed by atoms with E-state index < -0.39 is 0 Å². The third kappa shape index (κ3) is 4.19. The lowest BCUT2D eigenvalue weighted by molar-refractivity contribution is -0.123. The van der Waals surface area contributed by atoms with Crippen LogP contribution in [0.4, 0.5) is 5.00 Å². The van der Waals surface area contributed by atoms with Gasteiger partial charge in [0.25, 0.3) is 0 Å². The van der Waals surface area contributed by atoms with E-state index in [0.717, 1.165) is 58.0 Å². The van der Waals surface area contributed by atoms with Crippen molar-refractivity contribution in [1.82, 2.24) is 5.32 Å². The summed E-state index contributed by atoms with van der Waals surface area (Å²) in [5, 5.41) is 3.98. The van der Waals surface area contributed by atoms with Crippen LogP contribution in [0, 0.1) is 20.8 Å². The molecule has 0 saturated heterocycles. The van der Waals surface area contributed by atoms with Crippen LogP contribution in [-0.2, 0) is 9.59 Å². The molecule has 158 valence electrons.